The lowest BCUT2D eigenvalue weighted by Crippen LogP contribution is -2.40. The number of amides is 1. The predicted molar refractivity (Wildman–Crippen MR) is 85.2 cm³/mol. The van der Waals surface area contributed by atoms with Gasteiger partial charge in [0.1, 0.15) is 0 Å². The van der Waals surface area contributed by atoms with E-state index in [9.17, 15) is 4.79 Å². The molecule has 120 valence electrons. The molecule has 2 unspecified atom stereocenters. The highest BCUT2D eigenvalue weighted by Crippen LogP contribution is 2.32. The van der Waals surface area contributed by atoms with Crippen molar-refractivity contribution >= 4 is 5.91 Å². The Hall–Kier alpha value is -0.610. The number of likely N-dealkylation sites (tertiary alicyclic amines) is 1. The van der Waals surface area contributed by atoms with Gasteiger partial charge in [0.15, 0.2) is 0 Å². The molecule has 0 radical (unpaired) electrons. The summed E-state index contributed by atoms with van der Waals surface area (Å²) in [7, 11) is 0. The van der Waals surface area contributed by atoms with Crippen LogP contribution in [0.2, 0.25) is 0 Å². The largest absolute Gasteiger partial charge is 0.356 e. The van der Waals surface area contributed by atoms with Crippen LogP contribution >= 0.6 is 0 Å². The number of piperidine rings is 2. The van der Waals surface area contributed by atoms with Gasteiger partial charge in [-0.15, -0.1) is 0 Å². The molecular weight excluding hydrogens is 262 g/mol. The van der Waals surface area contributed by atoms with E-state index in [4.69, 9.17) is 0 Å². The molecule has 3 aliphatic rings. The van der Waals surface area contributed by atoms with Crippen molar-refractivity contribution in [1.29, 1.82) is 0 Å². The van der Waals surface area contributed by atoms with Crippen LogP contribution in [-0.4, -0.2) is 49.1 Å². The van der Waals surface area contributed by atoms with E-state index in [0.29, 0.717) is 18.0 Å². The van der Waals surface area contributed by atoms with E-state index in [0.717, 1.165) is 25.9 Å². The molecule has 3 saturated heterocycles. The average Bonchev–Trinajstić information content (AvgIpc) is 2.84. The maximum absolute atomic E-state index is 12.1. The summed E-state index contributed by atoms with van der Waals surface area (Å²) in [6.07, 6.45) is 11.0. The van der Waals surface area contributed by atoms with Gasteiger partial charge in [0.05, 0.1) is 0 Å². The molecule has 4 nitrogen and oxygen atoms in total. The van der Waals surface area contributed by atoms with Crippen LogP contribution in [0.5, 0.6) is 0 Å². The van der Waals surface area contributed by atoms with Gasteiger partial charge in [-0.25, -0.2) is 0 Å². The Balaban J connectivity index is 1.26. The molecule has 21 heavy (non-hydrogen) atoms. The summed E-state index contributed by atoms with van der Waals surface area (Å²) in [6.45, 7) is 4.52. The summed E-state index contributed by atoms with van der Waals surface area (Å²) in [6, 6.07) is 1.39. The van der Waals surface area contributed by atoms with Gasteiger partial charge in [-0.2, -0.15) is 0 Å². The Morgan fingerprint density at radius 3 is 2.52 bits per heavy atom. The summed E-state index contributed by atoms with van der Waals surface area (Å²) in [5.41, 5.74) is 0. The number of nitrogens with one attached hydrogen (secondary N) is 2. The minimum absolute atomic E-state index is 0.278. The molecule has 3 heterocycles. The second-order valence-electron chi connectivity index (χ2n) is 7.29. The van der Waals surface area contributed by atoms with E-state index in [1.54, 1.807) is 0 Å². The van der Waals surface area contributed by atoms with Crippen molar-refractivity contribution in [3.8, 4) is 0 Å². The maximum atomic E-state index is 12.1. The van der Waals surface area contributed by atoms with Crippen LogP contribution in [-0.2, 0) is 4.79 Å². The number of rotatable bonds is 6. The smallest absolute Gasteiger partial charge is 0.220 e. The Bertz CT molecular complexity index is 329. The lowest BCUT2D eigenvalue weighted by molar-refractivity contribution is -0.122. The molecule has 0 saturated carbocycles. The van der Waals surface area contributed by atoms with Crippen molar-refractivity contribution < 1.29 is 4.79 Å². The van der Waals surface area contributed by atoms with Crippen molar-refractivity contribution in [3.05, 3.63) is 0 Å². The predicted octanol–water partition coefficient (Wildman–Crippen LogP) is 1.90. The van der Waals surface area contributed by atoms with Crippen LogP contribution in [0.3, 0.4) is 0 Å². The van der Waals surface area contributed by atoms with Crippen molar-refractivity contribution in [2.24, 2.45) is 5.92 Å². The molecular formula is C17H31N3O. The Kier molecular flexibility index (Phi) is 5.53. The zero-order valence-corrected chi connectivity index (χ0v) is 13.3. The van der Waals surface area contributed by atoms with Gasteiger partial charge >= 0.3 is 0 Å². The third-order valence-corrected chi connectivity index (χ3v) is 5.47. The number of carbonyl (C=O) groups is 1. The zero-order chi connectivity index (χ0) is 14.5. The Labute approximate surface area is 129 Å². The molecule has 0 aromatic rings. The molecule has 2 N–H and O–H groups in total. The van der Waals surface area contributed by atoms with E-state index in [1.165, 1.54) is 58.0 Å². The van der Waals surface area contributed by atoms with Gasteiger partial charge in [-0.1, -0.05) is 6.42 Å². The normalized spacial score (nSPS) is 33.0. The fourth-order valence-corrected chi connectivity index (χ4v) is 4.39. The molecule has 0 spiro atoms. The second kappa shape index (κ2) is 7.59. The molecule has 3 rings (SSSR count). The number of nitrogens with zero attached hydrogens (tertiary/aromatic N) is 1. The molecule has 1 amide bonds. The first-order valence-corrected chi connectivity index (χ1v) is 9.05. The van der Waals surface area contributed by atoms with Crippen LogP contribution in [0.15, 0.2) is 0 Å². The number of fused-ring (bicyclic) bond motifs is 2. The molecule has 3 fully saturated rings. The Morgan fingerprint density at radius 2 is 1.81 bits per heavy atom. The standard InChI is InChI=1S/C17H31N3O/c21-17(13-14-11-15-5-6-16(12-14)19-15)18-7-4-10-20-8-2-1-3-9-20/h14-16,19H,1-13H2,(H,18,21). The van der Waals surface area contributed by atoms with Crippen molar-refractivity contribution in [3.63, 3.8) is 0 Å². The first-order chi connectivity index (χ1) is 10.3. The topological polar surface area (TPSA) is 44.4 Å². The first kappa shape index (κ1) is 15.3. The number of carbonyl (C=O) groups excluding carboxylic acids is 1. The van der Waals surface area contributed by atoms with E-state index in [2.05, 4.69) is 15.5 Å². The second-order valence-corrected chi connectivity index (χ2v) is 7.29. The van der Waals surface area contributed by atoms with Crippen molar-refractivity contribution in [2.45, 2.75) is 69.9 Å². The van der Waals surface area contributed by atoms with Gasteiger partial charge < -0.3 is 15.5 Å². The SMILES string of the molecule is O=C(CC1CC2CCC(C1)N2)NCCCN1CCCCC1. The van der Waals surface area contributed by atoms with Crippen LogP contribution < -0.4 is 10.6 Å². The lowest BCUT2D eigenvalue weighted by atomic mass is 9.89. The van der Waals surface area contributed by atoms with Gasteiger partial charge in [-0.3, -0.25) is 4.79 Å². The van der Waals surface area contributed by atoms with E-state index < -0.39 is 0 Å². The molecule has 0 aliphatic carbocycles. The minimum Gasteiger partial charge on any atom is -0.356 e. The molecule has 2 atom stereocenters. The highest BCUT2D eigenvalue weighted by molar-refractivity contribution is 5.76. The highest BCUT2D eigenvalue weighted by atomic mass is 16.1. The monoisotopic (exact) mass is 293 g/mol. The molecule has 3 aliphatic heterocycles. The molecule has 0 aromatic heterocycles. The third kappa shape index (κ3) is 4.68. The van der Waals surface area contributed by atoms with Gasteiger partial charge in [0.25, 0.3) is 0 Å². The van der Waals surface area contributed by atoms with Gasteiger partial charge in [0.2, 0.25) is 5.91 Å². The maximum Gasteiger partial charge on any atom is 0.220 e. The van der Waals surface area contributed by atoms with E-state index in [-0.39, 0.29) is 5.91 Å². The summed E-state index contributed by atoms with van der Waals surface area (Å²) in [4.78, 5) is 14.6. The van der Waals surface area contributed by atoms with E-state index in [1.807, 2.05) is 0 Å². The number of hydrogen-bond acceptors (Lipinski definition) is 3. The Morgan fingerprint density at radius 1 is 1.10 bits per heavy atom. The summed E-state index contributed by atoms with van der Waals surface area (Å²) >= 11 is 0. The van der Waals surface area contributed by atoms with Crippen molar-refractivity contribution in [1.82, 2.24) is 15.5 Å². The van der Waals surface area contributed by atoms with Gasteiger partial charge in [0, 0.05) is 25.0 Å². The van der Waals surface area contributed by atoms with Crippen LogP contribution in [0.1, 0.15) is 57.8 Å². The highest BCUT2D eigenvalue weighted by Gasteiger charge is 2.34. The molecule has 0 aromatic carbocycles. The summed E-state index contributed by atoms with van der Waals surface area (Å²) in [5.74, 6) is 0.894. The first-order valence-electron chi connectivity index (χ1n) is 9.05. The average molecular weight is 293 g/mol. The third-order valence-electron chi connectivity index (χ3n) is 5.47. The lowest BCUT2D eigenvalue weighted by Gasteiger charge is -2.28. The van der Waals surface area contributed by atoms with Crippen LogP contribution in [0.4, 0.5) is 0 Å². The minimum atomic E-state index is 0.278. The van der Waals surface area contributed by atoms with Gasteiger partial charge in [-0.05, 0) is 70.5 Å². The number of hydrogen-bond donors (Lipinski definition) is 2. The quantitative estimate of drug-likeness (QED) is 0.735. The van der Waals surface area contributed by atoms with Crippen molar-refractivity contribution in [2.75, 3.05) is 26.2 Å². The summed E-state index contributed by atoms with van der Waals surface area (Å²) < 4.78 is 0. The van der Waals surface area contributed by atoms with Crippen LogP contribution in [0, 0.1) is 5.92 Å². The fraction of sp³-hybridized carbons (Fsp3) is 0.941. The fourth-order valence-electron chi connectivity index (χ4n) is 4.39. The summed E-state index contributed by atoms with van der Waals surface area (Å²) in [5, 5.41) is 6.78. The van der Waals surface area contributed by atoms with E-state index >= 15 is 0 Å². The zero-order valence-electron chi connectivity index (χ0n) is 13.3. The molecule has 4 heteroatoms. The molecule has 2 bridgehead atoms. The van der Waals surface area contributed by atoms with Crippen LogP contribution in [0.25, 0.3) is 0 Å².